The first-order valence-electron chi connectivity index (χ1n) is 8.94. The zero-order valence-corrected chi connectivity index (χ0v) is 16.8. The SMILES string of the molecule is CN(C)CCNC(=O)c1cc(-c2c(O)cc(O)cc2Oc2ccc(N=O)cc2)on1.[OH-]. The van der Waals surface area contributed by atoms with Crippen LogP contribution in [0.5, 0.6) is 23.0 Å². The average Bonchev–Trinajstić information content (AvgIpc) is 3.17. The molecule has 0 bridgehead atoms. The molecule has 164 valence electrons. The van der Waals surface area contributed by atoms with Crippen LogP contribution in [0.25, 0.3) is 11.3 Å². The third kappa shape index (κ3) is 5.78. The van der Waals surface area contributed by atoms with Crippen molar-refractivity contribution >= 4 is 11.6 Å². The summed E-state index contributed by atoms with van der Waals surface area (Å²) >= 11 is 0. The summed E-state index contributed by atoms with van der Waals surface area (Å²) in [6.07, 6.45) is 0. The van der Waals surface area contributed by atoms with E-state index in [9.17, 15) is 19.9 Å². The maximum atomic E-state index is 12.2. The zero-order valence-electron chi connectivity index (χ0n) is 16.8. The van der Waals surface area contributed by atoms with Gasteiger partial charge in [-0.2, -0.15) is 0 Å². The second-order valence-electron chi connectivity index (χ2n) is 6.66. The molecule has 0 radical (unpaired) electrons. The van der Waals surface area contributed by atoms with Crippen LogP contribution in [0.2, 0.25) is 0 Å². The molecule has 0 aliphatic heterocycles. The number of aromatic nitrogens is 1. The first-order chi connectivity index (χ1) is 14.4. The van der Waals surface area contributed by atoms with E-state index >= 15 is 0 Å². The molecule has 4 N–H and O–H groups in total. The van der Waals surface area contributed by atoms with E-state index in [2.05, 4.69) is 15.7 Å². The molecule has 11 nitrogen and oxygen atoms in total. The summed E-state index contributed by atoms with van der Waals surface area (Å²) in [6, 6.07) is 9.67. The van der Waals surface area contributed by atoms with Gasteiger partial charge in [-0.15, -0.1) is 4.91 Å². The first kappa shape index (κ1) is 23.3. The Bertz CT molecular complexity index is 1050. The lowest BCUT2D eigenvalue weighted by molar-refractivity contribution is 0.0942. The van der Waals surface area contributed by atoms with Crippen LogP contribution >= 0.6 is 0 Å². The van der Waals surface area contributed by atoms with E-state index in [0.717, 1.165) is 6.07 Å². The molecule has 3 rings (SSSR count). The molecular weight excluding hydrogens is 408 g/mol. The fraction of sp³-hybridized carbons (Fsp3) is 0.200. The van der Waals surface area contributed by atoms with E-state index in [1.807, 2.05) is 19.0 Å². The third-order valence-electron chi connectivity index (χ3n) is 4.07. The van der Waals surface area contributed by atoms with Gasteiger partial charge >= 0.3 is 0 Å². The minimum absolute atomic E-state index is 0. The summed E-state index contributed by atoms with van der Waals surface area (Å²) in [5, 5.41) is 29.5. The van der Waals surface area contributed by atoms with Crippen molar-refractivity contribution in [1.82, 2.24) is 15.4 Å². The normalized spacial score (nSPS) is 10.4. The van der Waals surface area contributed by atoms with Gasteiger partial charge in [-0.25, -0.2) is 0 Å². The molecule has 2 aromatic carbocycles. The lowest BCUT2D eigenvalue weighted by Gasteiger charge is -2.11. The molecule has 1 heterocycles. The molecule has 0 spiro atoms. The predicted molar refractivity (Wildman–Crippen MR) is 110 cm³/mol. The number of aromatic hydroxyl groups is 2. The van der Waals surface area contributed by atoms with E-state index < -0.39 is 5.91 Å². The molecular formula is C20H21N4O7-. The number of amides is 1. The van der Waals surface area contributed by atoms with Crippen LogP contribution in [0.3, 0.4) is 0 Å². The molecule has 0 unspecified atom stereocenters. The molecule has 31 heavy (non-hydrogen) atoms. The van der Waals surface area contributed by atoms with E-state index in [0.29, 0.717) is 18.8 Å². The molecule has 1 amide bonds. The predicted octanol–water partition coefficient (Wildman–Crippen LogP) is 3.06. The molecule has 0 fully saturated rings. The van der Waals surface area contributed by atoms with Gasteiger partial charge in [0, 0.05) is 31.3 Å². The summed E-state index contributed by atoms with van der Waals surface area (Å²) in [5.41, 5.74) is 0.357. The van der Waals surface area contributed by atoms with Crippen molar-refractivity contribution in [3.63, 3.8) is 0 Å². The Morgan fingerprint density at radius 1 is 1.19 bits per heavy atom. The van der Waals surface area contributed by atoms with Crippen LogP contribution in [0.15, 0.2) is 52.2 Å². The molecule has 0 saturated carbocycles. The molecule has 0 aliphatic carbocycles. The average molecular weight is 429 g/mol. The number of phenolic OH excluding ortho intramolecular Hbond substituents is 2. The van der Waals surface area contributed by atoms with Crippen LogP contribution in [-0.2, 0) is 0 Å². The number of nitrogens with one attached hydrogen (secondary N) is 1. The number of ether oxygens (including phenoxy) is 1. The lowest BCUT2D eigenvalue weighted by atomic mass is 10.1. The summed E-state index contributed by atoms with van der Waals surface area (Å²) in [5.74, 6) is -0.522. The Balaban J connectivity index is 0.00000341. The quantitative estimate of drug-likeness (QED) is 0.456. The zero-order chi connectivity index (χ0) is 21.7. The van der Waals surface area contributed by atoms with Crippen molar-refractivity contribution in [3.8, 4) is 34.3 Å². The lowest BCUT2D eigenvalue weighted by Crippen LogP contribution is -2.31. The van der Waals surface area contributed by atoms with Crippen LogP contribution in [0.1, 0.15) is 10.5 Å². The van der Waals surface area contributed by atoms with Crippen molar-refractivity contribution in [1.29, 1.82) is 0 Å². The summed E-state index contributed by atoms with van der Waals surface area (Å²) in [4.78, 5) is 24.7. The fourth-order valence-electron chi connectivity index (χ4n) is 2.60. The molecule has 0 aliphatic rings. The standard InChI is InChI=1S/C20H20N4O6.H2O/c1-24(2)8-7-21-20(27)15-11-18(30-23-15)19-16(26)9-13(25)10-17(19)29-14-5-3-12(22-28)4-6-14;/h3-6,9-11,25-26H,7-8H2,1-2H3,(H,21,27);1H2/p-1. The number of rotatable bonds is 8. The second kappa shape index (κ2) is 10.2. The Morgan fingerprint density at radius 2 is 1.90 bits per heavy atom. The second-order valence-corrected chi connectivity index (χ2v) is 6.66. The number of phenols is 2. The van der Waals surface area contributed by atoms with Crippen molar-refractivity contribution in [2.24, 2.45) is 5.18 Å². The van der Waals surface area contributed by atoms with Gasteiger partial charge in [0.2, 0.25) is 0 Å². The van der Waals surface area contributed by atoms with Gasteiger partial charge in [0.15, 0.2) is 11.5 Å². The van der Waals surface area contributed by atoms with E-state index in [-0.39, 0.29) is 45.4 Å². The van der Waals surface area contributed by atoms with E-state index in [1.54, 1.807) is 0 Å². The van der Waals surface area contributed by atoms with Gasteiger partial charge in [-0.3, -0.25) is 4.79 Å². The van der Waals surface area contributed by atoms with Gasteiger partial charge in [0.25, 0.3) is 5.91 Å². The van der Waals surface area contributed by atoms with Crippen molar-refractivity contribution < 1.29 is 29.7 Å². The topological polar surface area (TPSA) is 167 Å². The van der Waals surface area contributed by atoms with E-state index in [4.69, 9.17) is 9.26 Å². The number of hydrogen-bond acceptors (Lipinski definition) is 10. The van der Waals surface area contributed by atoms with Crippen LogP contribution in [-0.4, -0.2) is 58.8 Å². The van der Waals surface area contributed by atoms with Gasteiger partial charge < -0.3 is 35.2 Å². The number of nitroso groups, excluding NO2 is 1. The Hall–Kier alpha value is -3.96. The van der Waals surface area contributed by atoms with E-state index in [1.165, 1.54) is 36.4 Å². The highest BCUT2D eigenvalue weighted by Crippen LogP contribution is 2.43. The smallest absolute Gasteiger partial charge is 0.273 e. The summed E-state index contributed by atoms with van der Waals surface area (Å²) in [7, 11) is 3.77. The fourth-order valence-corrected chi connectivity index (χ4v) is 2.60. The Labute approximate surface area is 177 Å². The molecule has 11 heteroatoms. The van der Waals surface area contributed by atoms with Crippen LogP contribution in [0.4, 0.5) is 5.69 Å². The van der Waals surface area contributed by atoms with Crippen LogP contribution < -0.4 is 10.1 Å². The molecule has 1 aromatic heterocycles. The number of benzene rings is 2. The molecule has 0 saturated heterocycles. The minimum Gasteiger partial charge on any atom is -0.870 e. The third-order valence-corrected chi connectivity index (χ3v) is 4.07. The van der Waals surface area contributed by atoms with Gasteiger partial charge in [-0.05, 0) is 43.5 Å². The summed E-state index contributed by atoms with van der Waals surface area (Å²) < 4.78 is 11.0. The maximum absolute atomic E-state index is 12.2. The Kier molecular flexibility index (Phi) is 7.66. The number of carbonyl (C=O) groups is 1. The van der Waals surface area contributed by atoms with Crippen LogP contribution in [0, 0.1) is 4.91 Å². The number of nitrogens with zero attached hydrogens (tertiary/aromatic N) is 3. The first-order valence-corrected chi connectivity index (χ1v) is 8.94. The van der Waals surface area contributed by atoms with Crippen molar-refractivity contribution in [2.75, 3.05) is 27.2 Å². The summed E-state index contributed by atoms with van der Waals surface area (Å²) in [6.45, 7) is 1.09. The number of carbonyl (C=O) groups excluding carboxylic acids is 1. The van der Waals surface area contributed by atoms with Crippen molar-refractivity contribution in [3.05, 3.63) is 53.1 Å². The number of hydrogen-bond donors (Lipinski definition) is 3. The van der Waals surface area contributed by atoms with Gasteiger partial charge in [0.05, 0.1) is 0 Å². The maximum Gasteiger partial charge on any atom is 0.273 e. The monoisotopic (exact) mass is 429 g/mol. The highest BCUT2D eigenvalue weighted by Gasteiger charge is 2.21. The molecule has 3 aromatic rings. The molecule has 0 atom stereocenters. The minimum atomic E-state index is -0.426. The highest BCUT2D eigenvalue weighted by molar-refractivity contribution is 5.93. The highest BCUT2D eigenvalue weighted by atomic mass is 16.5. The number of likely N-dealkylation sites (N-methyl/N-ethyl adjacent to an activating group) is 1. The largest absolute Gasteiger partial charge is 0.870 e. The van der Waals surface area contributed by atoms with Gasteiger partial charge in [-0.1, -0.05) is 5.16 Å². The van der Waals surface area contributed by atoms with Crippen molar-refractivity contribution in [2.45, 2.75) is 0 Å². The Morgan fingerprint density at radius 3 is 2.55 bits per heavy atom. The van der Waals surface area contributed by atoms with Gasteiger partial charge in [0.1, 0.15) is 34.2 Å².